The van der Waals surface area contributed by atoms with Crippen LogP contribution in [0, 0.1) is 11.8 Å². The molecule has 6 nitrogen and oxygen atoms in total. The number of anilines is 1. The Morgan fingerprint density at radius 2 is 1.22 bits per heavy atom. The summed E-state index contributed by atoms with van der Waals surface area (Å²) in [6.45, 7) is 1.40. The van der Waals surface area contributed by atoms with Crippen LogP contribution < -0.4 is 5.32 Å². The number of hydrogen-bond donors (Lipinski definition) is 1. The number of Topliss-reactive ketones (excluding diaryl/α,β-unsaturated/α-hetero) is 4. The van der Waals surface area contributed by atoms with Gasteiger partial charge in [-0.25, -0.2) is 0 Å². The molecule has 0 spiro atoms. The van der Waals surface area contributed by atoms with Crippen LogP contribution in [0.25, 0.3) is 0 Å². The predicted molar refractivity (Wildman–Crippen MR) is 98.2 cm³/mol. The summed E-state index contributed by atoms with van der Waals surface area (Å²) in [6, 6.07) is 6.72. The lowest BCUT2D eigenvalue weighted by atomic mass is 9.65. The first kappa shape index (κ1) is 19.1. The highest BCUT2D eigenvalue weighted by Crippen LogP contribution is 2.41. The second-order valence-corrected chi connectivity index (χ2v) is 7.36. The molecule has 1 N–H and O–H groups in total. The van der Waals surface area contributed by atoms with Gasteiger partial charge in [0.1, 0.15) is 23.1 Å². The van der Waals surface area contributed by atoms with Gasteiger partial charge in [0.2, 0.25) is 5.91 Å². The second-order valence-electron chi connectivity index (χ2n) is 7.36. The van der Waals surface area contributed by atoms with E-state index in [4.69, 9.17) is 0 Å². The number of carbonyl (C=O) groups excluding carboxylic acids is 5. The van der Waals surface area contributed by atoms with Crippen LogP contribution in [0.2, 0.25) is 0 Å². The van der Waals surface area contributed by atoms with E-state index in [1.165, 1.54) is 6.92 Å². The molecule has 3 rings (SSSR count). The fraction of sp³-hybridized carbons (Fsp3) is 0.476. The Bertz CT molecular complexity index is 725. The zero-order valence-electron chi connectivity index (χ0n) is 15.3. The van der Waals surface area contributed by atoms with Gasteiger partial charge in [0.25, 0.3) is 0 Å². The van der Waals surface area contributed by atoms with E-state index in [0.29, 0.717) is 49.8 Å². The summed E-state index contributed by atoms with van der Waals surface area (Å²) in [6.07, 6.45) is 2.24. The van der Waals surface area contributed by atoms with Gasteiger partial charge in [0.15, 0.2) is 0 Å². The lowest BCUT2D eigenvalue weighted by Gasteiger charge is -2.34. The van der Waals surface area contributed by atoms with Crippen molar-refractivity contribution in [2.24, 2.45) is 11.8 Å². The number of hydrogen-bond acceptors (Lipinski definition) is 5. The van der Waals surface area contributed by atoms with E-state index < -0.39 is 17.8 Å². The average Bonchev–Trinajstić information content (AvgIpc) is 2.60. The van der Waals surface area contributed by atoms with Gasteiger partial charge in [-0.3, -0.25) is 24.0 Å². The van der Waals surface area contributed by atoms with Crippen LogP contribution in [-0.4, -0.2) is 29.0 Å². The fourth-order valence-corrected chi connectivity index (χ4v) is 4.23. The Hall–Kier alpha value is -2.63. The zero-order chi connectivity index (χ0) is 19.6. The summed E-state index contributed by atoms with van der Waals surface area (Å²) >= 11 is 0. The van der Waals surface area contributed by atoms with Crippen molar-refractivity contribution in [3.8, 4) is 0 Å². The Morgan fingerprint density at radius 1 is 0.815 bits per heavy atom. The smallest absolute Gasteiger partial charge is 0.221 e. The van der Waals surface area contributed by atoms with Crippen LogP contribution >= 0.6 is 0 Å². The van der Waals surface area contributed by atoms with Crippen LogP contribution in [0.5, 0.6) is 0 Å². The van der Waals surface area contributed by atoms with Crippen molar-refractivity contribution in [1.82, 2.24) is 0 Å². The van der Waals surface area contributed by atoms with E-state index in [2.05, 4.69) is 5.32 Å². The molecule has 2 aliphatic rings. The van der Waals surface area contributed by atoms with Crippen LogP contribution in [0.3, 0.4) is 0 Å². The standard InChI is InChI=1S/C21H23NO5/c1-12(23)22-14-10-8-13(9-11-14)19(20-15(24)4-2-5-16(20)25)21-17(26)6-3-7-18(21)27/h8-11,19-21H,2-7H2,1H3,(H,22,23). The molecular weight excluding hydrogens is 346 g/mol. The maximum absolute atomic E-state index is 12.6. The molecule has 1 aromatic carbocycles. The van der Waals surface area contributed by atoms with E-state index in [9.17, 15) is 24.0 Å². The summed E-state index contributed by atoms with van der Waals surface area (Å²) in [5.74, 6) is -3.60. The molecule has 142 valence electrons. The average molecular weight is 369 g/mol. The summed E-state index contributed by atoms with van der Waals surface area (Å²) in [7, 11) is 0. The molecule has 1 aromatic rings. The number of benzene rings is 1. The van der Waals surface area contributed by atoms with Crippen molar-refractivity contribution < 1.29 is 24.0 Å². The van der Waals surface area contributed by atoms with E-state index in [1.54, 1.807) is 24.3 Å². The molecule has 2 saturated carbocycles. The highest BCUT2D eigenvalue weighted by atomic mass is 16.2. The highest BCUT2D eigenvalue weighted by Gasteiger charge is 2.47. The molecule has 2 aliphatic carbocycles. The highest BCUT2D eigenvalue weighted by molar-refractivity contribution is 6.10. The first-order valence-corrected chi connectivity index (χ1v) is 9.37. The molecule has 1 amide bonds. The van der Waals surface area contributed by atoms with Crippen molar-refractivity contribution in [2.45, 2.75) is 51.4 Å². The molecule has 0 unspecified atom stereocenters. The molecule has 6 heteroatoms. The van der Waals surface area contributed by atoms with Crippen molar-refractivity contribution in [2.75, 3.05) is 5.32 Å². The molecule has 0 aromatic heterocycles. The summed E-state index contributed by atoms with van der Waals surface area (Å²) in [4.78, 5) is 61.6. The van der Waals surface area contributed by atoms with Gasteiger partial charge in [-0.2, -0.15) is 0 Å². The molecule has 0 atom stereocenters. The summed E-state index contributed by atoms with van der Waals surface area (Å²) < 4.78 is 0. The summed E-state index contributed by atoms with van der Waals surface area (Å²) in [5.41, 5.74) is 1.19. The fourth-order valence-electron chi connectivity index (χ4n) is 4.23. The number of rotatable bonds is 4. The van der Waals surface area contributed by atoms with E-state index in [-0.39, 0.29) is 29.0 Å². The molecular formula is C21H23NO5. The van der Waals surface area contributed by atoms with Gasteiger partial charge < -0.3 is 5.32 Å². The number of nitrogens with one attached hydrogen (secondary N) is 1. The largest absolute Gasteiger partial charge is 0.326 e. The molecule has 0 saturated heterocycles. The molecule has 0 aliphatic heterocycles. The van der Waals surface area contributed by atoms with Crippen LogP contribution in [0.1, 0.15) is 56.9 Å². The van der Waals surface area contributed by atoms with Crippen LogP contribution in [-0.2, 0) is 24.0 Å². The lowest BCUT2D eigenvalue weighted by molar-refractivity contribution is -0.141. The van der Waals surface area contributed by atoms with Gasteiger partial charge in [-0.1, -0.05) is 12.1 Å². The quantitative estimate of drug-likeness (QED) is 0.823. The molecule has 0 bridgehead atoms. The Balaban J connectivity index is 2.02. The minimum atomic E-state index is -0.943. The normalized spacial score (nSPS) is 19.6. The Kier molecular flexibility index (Phi) is 5.63. The Morgan fingerprint density at radius 3 is 1.59 bits per heavy atom. The van der Waals surface area contributed by atoms with Crippen molar-refractivity contribution >= 4 is 34.7 Å². The second kappa shape index (κ2) is 7.94. The van der Waals surface area contributed by atoms with Crippen LogP contribution in [0.15, 0.2) is 24.3 Å². The number of carbonyl (C=O) groups is 5. The molecule has 0 heterocycles. The third-order valence-corrected chi connectivity index (χ3v) is 5.41. The van der Waals surface area contributed by atoms with Crippen molar-refractivity contribution in [3.63, 3.8) is 0 Å². The monoisotopic (exact) mass is 369 g/mol. The van der Waals surface area contributed by atoms with E-state index >= 15 is 0 Å². The van der Waals surface area contributed by atoms with Gasteiger partial charge in [-0.05, 0) is 30.5 Å². The third-order valence-electron chi connectivity index (χ3n) is 5.41. The van der Waals surface area contributed by atoms with Gasteiger partial charge in [-0.15, -0.1) is 0 Å². The van der Waals surface area contributed by atoms with E-state index in [1.807, 2.05) is 0 Å². The van der Waals surface area contributed by atoms with Crippen molar-refractivity contribution in [1.29, 1.82) is 0 Å². The molecule has 0 radical (unpaired) electrons. The SMILES string of the molecule is CC(=O)Nc1ccc(C(C2C(=O)CCCC2=O)C2C(=O)CCCC2=O)cc1. The minimum absolute atomic E-state index is 0.187. The van der Waals surface area contributed by atoms with Crippen LogP contribution in [0.4, 0.5) is 5.69 Å². The van der Waals surface area contributed by atoms with Gasteiger partial charge in [0, 0.05) is 44.2 Å². The van der Waals surface area contributed by atoms with E-state index in [0.717, 1.165) is 0 Å². The maximum atomic E-state index is 12.6. The first-order valence-electron chi connectivity index (χ1n) is 9.37. The van der Waals surface area contributed by atoms with Gasteiger partial charge in [0.05, 0.1) is 11.8 Å². The maximum Gasteiger partial charge on any atom is 0.221 e. The topological polar surface area (TPSA) is 97.4 Å². The van der Waals surface area contributed by atoms with Gasteiger partial charge >= 0.3 is 0 Å². The number of amides is 1. The minimum Gasteiger partial charge on any atom is -0.326 e. The molecule has 27 heavy (non-hydrogen) atoms. The zero-order valence-corrected chi connectivity index (χ0v) is 15.3. The number of ketones is 4. The summed E-state index contributed by atoms with van der Waals surface area (Å²) in [5, 5.41) is 2.66. The first-order chi connectivity index (χ1) is 12.9. The predicted octanol–water partition coefficient (Wildman–Crippen LogP) is 2.61. The van der Waals surface area contributed by atoms with Crippen molar-refractivity contribution in [3.05, 3.63) is 29.8 Å². The molecule has 2 fully saturated rings. The Labute approximate surface area is 157 Å². The lowest BCUT2D eigenvalue weighted by Crippen LogP contribution is -2.43. The third kappa shape index (κ3) is 4.04.